The van der Waals surface area contributed by atoms with Gasteiger partial charge in [0, 0.05) is 7.11 Å². The van der Waals surface area contributed by atoms with Gasteiger partial charge in [-0.15, -0.1) is 0 Å². The Kier molecular flexibility index (Phi) is 10.7. The summed E-state index contributed by atoms with van der Waals surface area (Å²) >= 11 is 0. The van der Waals surface area contributed by atoms with Gasteiger partial charge >= 0.3 is 12.0 Å². The van der Waals surface area contributed by atoms with Crippen molar-refractivity contribution in [2.45, 2.75) is 32.8 Å². The number of hydrogen-bond acceptors (Lipinski definition) is 9. The highest BCUT2D eigenvalue weighted by molar-refractivity contribution is 5.36. The first-order valence-electron chi connectivity index (χ1n) is 11.6. The molecule has 0 radical (unpaired) electrons. The highest BCUT2D eigenvalue weighted by Gasteiger charge is 2.12. The predicted octanol–water partition coefficient (Wildman–Crippen LogP) is 5.04. The molecule has 0 aliphatic rings. The second-order valence-corrected chi connectivity index (χ2v) is 7.84. The lowest BCUT2D eigenvalue weighted by Crippen LogP contribution is -2.22. The molecule has 9 nitrogen and oxygen atoms in total. The van der Waals surface area contributed by atoms with Gasteiger partial charge in [-0.1, -0.05) is 31.2 Å². The van der Waals surface area contributed by atoms with E-state index < -0.39 is 11.6 Å². The van der Waals surface area contributed by atoms with Crippen LogP contribution in [0.15, 0.2) is 60.9 Å². The Morgan fingerprint density at radius 1 is 0.769 bits per heavy atom. The van der Waals surface area contributed by atoms with E-state index in [0.29, 0.717) is 6.42 Å². The summed E-state index contributed by atoms with van der Waals surface area (Å²) in [6.07, 6.45) is 2.25. The molecule has 0 saturated heterocycles. The van der Waals surface area contributed by atoms with Crippen LogP contribution >= 0.6 is 0 Å². The Bertz CT molecular complexity index is 1330. The molecule has 13 heteroatoms. The number of ether oxygens (including phenoxy) is 3. The lowest BCUT2D eigenvalue weighted by molar-refractivity contribution is 0.121. The van der Waals surface area contributed by atoms with Gasteiger partial charge in [0.05, 0.1) is 12.4 Å². The molecule has 206 valence electrons. The van der Waals surface area contributed by atoms with Crippen molar-refractivity contribution in [1.82, 2.24) is 19.9 Å². The van der Waals surface area contributed by atoms with Gasteiger partial charge in [0.1, 0.15) is 31.1 Å². The zero-order valence-electron chi connectivity index (χ0n) is 21.1. The zero-order chi connectivity index (χ0) is 28.2. The van der Waals surface area contributed by atoms with Crippen molar-refractivity contribution in [3.8, 4) is 12.0 Å². The van der Waals surface area contributed by atoms with Crippen molar-refractivity contribution in [2.24, 2.45) is 0 Å². The SMILES string of the molecule is CCC(Nc1nc(OCc2ccc(F)cc2)ncc1F)OC.Nc1nc(OCc2ccc(F)cc2)ncc1F. The molecule has 4 aromatic rings. The minimum Gasteiger partial charge on any atom is -0.459 e. The van der Waals surface area contributed by atoms with E-state index in [1.54, 1.807) is 24.3 Å². The van der Waals surface area contributed by atoms with Crippen LogP contribution in [0.25, 0.3) is 0 Å². The van der Waals surface area contributed by atoms with Gasteiger partial charge in [-0.05, 0) is 41.8 Å². The number of methoxy groups -OCH3 is 1. The number of nitrogens with two attached hydrogens (primary N) is 1. The van der Waals surface area contributed by atoms with Crippen molar-refractivity contribution >= 4 is 11.6 Å². The molecule has 0 amide bonds. The molecule has 0 bridgehead atoms. The third kappa shape index (κ3) is 9.38. The molecule has 0 aliphatic carbocycles. The summed E-state index contributed by atoms with van der Waals surface area (Å²) < 4.78 is 67.5. The summed E-state index contributed by atoms with van der Waals surface area (Å²) in [4.78, 5) is 14.9. The number of halogens is 4. The number of nitrogen functional groups attached to an aromatic ring is 1. The molecule has 0 fully saturated rings. The minimum atomic E-state index is -0.695. The summed E-state index contributed by atoms with van der Waals surface area (Å²) in [5.74, 6) is -2.19. The van der Waals surface area contributed by atoms with Crippen molar-refractivity contribution in [3.63, 3.8) is 0 Å². The Morgan fingerprint density at radius 3 is 1.72 bits per heavy atom. The summed E-state index contributed by atoms with van der Waals surface area (Å²) in [7, 11) is 1.52. The standard InChI is InChI=1S/C15H17F2N3O2.C11H9F2N3O/c1-3-13(21-2)19-14-12(17)8-18-15(20-14)22-9-10-4-6-11(16)7-5-10;12-8-3-1-7(2-4-8)6-17-11-15-5-9(13)10(14)16-11/h4-8,13H,3,9H2,1-2H3,(H,18,19,20);1-5H,6H2,(H2,14,15,16). The normalized spacial score (nSPS) is 11.2. The van der Waals surface area contributed by atoms with E-state index >= 15 is 0 Å². The van der Waals surface area contributed by atoms with Crippen molar-refractivity contribution in [3.05, 3.63) is 95.3 Å². The molecule has 0 spiro atoms. The smallest absolute Gasteiger partial charge is 0.318 e. The summed E-state index contributed by atoms with van der Waals surface area (Å²) in [5, 5.41) is 2.81. The van der Waals surface area contributed by atoms with E-state index in [1.807, 2.05) is 6.92 Å². The first-order chi connectivity index (χ1) is 18.8. The van der Waals surface area contributed by atoms with Crippen LogP contribution in [-0.4, -0.2) is 33.3 Å². The highest BCUT2D eigenvalue weighted by Crippen LogP contribution is 2.16. The molecule has 4 rings (SSSR count). The molecule has 2 heterocycles. The van der Waals surface area contributed by atoms with E-state index in [4.69, 9.17) is 19.9 Å². The predicted molar refractivity (Wildman–Crippen MR) is 135 cm³/mol. The molecule has 0 saturated carbocycles. The van der Waals surface area contributed by atoms with Crippen LogP contribution in [0.5, 0.6) is 12.0 Å². The van der Waals surface area contributed by atoms with Gasteiger partial charge in [-0.2, -0.15) is 9.97 Å². The van der Waals surface area contributed by atoms with Crippen LogP contribution in [0.4, 0.5) is 29.2 Å². The number of rotatable bonds is 10. The summed E-state index contributed by atoms with van der Waals surface area (Å²) in [5.41, 5.74) is 6.76. The number of anilines is 2. The van der Waals surface area contributed by atoms with Gasteiger partial charge < -0.3 is 25.3 Å². The van der Waals surface area contributed by atoms with E-state index in [2.05, 4.69) is 25.3 Å². The first kappa shape index (κ1) is 29.0. The van der Waals surface area contributed by atoms with Crippen LogP contribution in [-0.2, 0) is 18.0 Å². The fraction of sp³-hybridized carbons (Fsp3) is 0.231. The highest BCUT2D eigenvalue weighted by atomic mass is 19.1. The number of nitrogens with one attached hydrogen (secondary N) is 1. The summed E-state index contributed by atoms with van der Waals surface area (Å²) in [6, 6.07) is 11.6. The van der Waals surface area contributed by atoms with Crippen molar-refractivity contribution < 1.29 is 31.8 Å². The van der Waals surface area contributed by atoms with Gasteiger partial charge in [-0.25, -0.2) is 27.5 Å². The first-order valence-corrected chi connectivity index (χ1v) is 11.6. The van der Waals surface area contributed by atoms with Crippen LogP contribution < -0.4 is 20.5 Å². The maximum absolute atomic E-state index is 13.7. The fourth-order valence-electron chi connectivity index (χ4n) is 2.89. The van der Waals surface area contributed by atoms with Gasteiger partial charge in [-0.3, -0.25) is 0 Å². The maximum atomic E-state index is 13.7. The third-order valence-electron chi connectivity index (χ3n) is 4.99. The molecular formula is C26H26F4N6O3. The molecule has 39 heavy (non-hydrogen) atoms. The Labute approximate surface area is 222 Å². The summed E-state index contributed by atoms with van der Waals surface area (Å²) in [6.45, 7) is 2.21. The fourth-order valence-corrected chi connectivity index (χ4v) is 2.89. The molecule has 2 aromatic carbocycles. The average Bonchev–Trinajstić information content (AvgIpc) is 2.94. The van der Waals surface area contributed by atoms with Gasteiger partial charge in [0.15, 0.2) is 23.3 Å². The second kappa shape index (κ2) is 14.4. The molecule has 1 atom stereocenters. The molecule has 3 N–H and O–H groups in total. The van der Waals surface area contributed by atoms with Gasteiger partial charge in [0.25, 0.3) is 0 Å². The Morgan fingerprint density at radius 2 is 1.26 bits per heavy atom. The minimum absolute atomic E-state index is 0.0119. The van der Waals surface area contributed by atoms with Crippen LogP contribution in [0.2, 0.25) is 0 Å². The number of hydrogen-bond donors (Lipinski definition) is 2. The monoisotopic (exact) mass is 546 g/mol. The van der Waals surface area contributed by atoms with E-state index in [1.165, 1.54) is 31.4 Å². The van der Waals surface area contributed by atoms with E-state index in [0.717, 1.165) is 23.5 Å². The Hall–Kier alpha value is -4.52. The van der Waals surface area contributed by atoms with Crippen LogP contribution in [0.1, 0.15) is 24.5 Å². The maximum Gasteiger partial charge on any atom is 0.318 e. The van der Waals surface area contributed by atoms with Crippen molar-refractivity contribution in [1.29, 1.82) is 0 Å². The quantitative estimate of drug-likeness (QED) is 0.208. The second-order valence-electron chi connectivity index (χ2n) is 7.84. The molecule has 2 aromatic heterocycles. The topological polar surface area (TPSA) is 117 Å². The number of benzene rings is 2. The number of nitrogens with zero attached hydrogens (tertiary/aromatic N) is 4. The van der Waals surface area contributed by atoms with Gasteiger partial charge in [0.2, 0.25) is 0 Å². The van der Waals surface area contributed by atoms with Crippen molar-refractivity contribution in [2.75, 3.05) is 18.2 Å². The Balaban J connectivity index is 0.000000223. The van der Waals surface area contributed by atoms with Crippen LogP contribution in [0.3, 0.4) is 0 Å². The third-order valence-corrected chi connectivity index (χ3v) is 4.99. The lowest BCUT2D eigenvalue weighted by atomic mass is 10.2. The molecule has 0 aliphatic heterocycles. The number of aromatic nitrogens is 4. The average molecular weight is 547 g/mol. The molecule has 1 unspecified atom stereocenters. The lowest BCUT2D eigenvalue weighted by Gasteiger charge is -2.16. The van der Waals surface area contributed by atoms with E-state index in [-0.39, 0.29) is 54.7 Å². The zero-order valence-corrected chi connectivity index (χ0v) is 21.1. The molecular weight excluding hydrogens is 520 g/mol. The van der Waals surface area contributed by atoms with E-state index in [9.17, 15) is 17.6 Å². The van der Waals surface area contributed by atoms with Crippen LogP contribution in [0, 0.1) is 23.3 Å². The largest absolute Gasteiger partial charge is 0.459 e.